The molecule has 2 rings (SSSR count). The number of anilines is 1. The average Bonchev–Trinajstić information content (AvgIpc) is 2.72. The summed E-state index contributed by atoms with van der Waals surface area (Å²) in [6.07, 6.45) is 4.07. The zero-order valence-electron chi connectivity index (χ0n) is 9.35. The van der Waals surface area contributed by atoms with E-state index in [1.807, 2.05) is 6.07 Å². The molecular weight excluding hydrogens is 202 g/mol. The van der Waals surface area contributed by atoms with E-state index in [1.54, 1.807) is 12.3 Å². The normalized spacial score (nSPS) is 20.6. The Balaban J connectivity index is 1.92. The van der Waals surface area contributed by atoms with Gasteiger partial charge in [-0.1, -0.05) is 0 Å². The third-order valence-corrected chi connectivity index (χ3v) is 2.94. The molecule has 1 aromatic rings. The summed E-state index contributed by atoms with van der Waals surface area (Å²) in [4.78, 5) is 10.5. The molecular formula is C11H15N5. The number of likely N-dealkylation sites (N-methyl/N-ethyl adjacent to an activating group) is 1. The van der Waals surface area contributed by atoms with Gasteiger partial charge in [-0.05, 0) is 32.5 Å². The van der Waals surface area contributed by atoms with Gasteiger partial charge in [-0.15, -0.1) is 0 Å². The lowest BCUT2D eigenvalue weighted by molar-refractivity contribution is 0.322. The first-order valence-electron chi connectivity index (χ1n) is 5.47. The van der Waals surface area contributed by atoms with Crippen LogP contribution in [0.1, 0.15) is 18.5 Å². The van der Waals surface area contributed by atoms with E-state index in [0.29, 0.717) is 17.7 Å². The van der Waals surface area contributed by atoms with Crippen molar-refractivity contribution >= 4 is 5.95 Å². The molecule has 0 radical (unpaired) electrons. The maximum atomic E-state index is 8.71. The van der Waals surface area contributed by atoms with Gasteiger partial charge in [-0.3, -0.25) is 0 Å². The lowest BCUT2D eigenvalue weighted by Crippen LogP contribution is -2.31. The van der Waals surface area contributed by atoms with Gasteiger partial charge in [0.25, 0.3) is 0 Å². The number of nitrogens with one attached hydrogen (secondary N) is 1. The van der Waals surface area contributed by atoms with Gasteiger partial charge >= 0.3 is 0 Å². The van der Waals surface area contributed by atoms with E-state index in [0.717, 1.165) is 13.1 Å². The maximum absolute atomic E-state index is 8.71. The van der Waals surface area contributed by atoms with Crippen LogP contribution < -0.4 is 5.32 Å². The second-order valence-corrected chi connectivity index (χ2v) is 4.03. The first kappa shape index (κ1) is 10.8. The van der Waals surface area contributed by atoms with E-state index >= 15 is 0 Å². The Morgan fingerprint density at radius 1 is 1.69 bits per heavy atom. The summed E-state index contributed by atoms with van der Waals surface area (Å²) in [7, 11) is 2.13. The third kappa shape index (κ3) is 2.47. The first-order chi connectivity index (χ1) is 7.79. The molecule has 1 atom stereocenters. The molecule has 84 valence electrons. The van der Waals surface area contributed by atoms with E-state index in [9.17, 15) is 0 Å². The monoisotopic (exact) mass is 217 g/mol. The molecule has 1 unspecified atom stereocenters. The fraction of sp³-hybridized carbons (Fsp3) is 0.545. The average molecular weight is 217 g/mol. The van der Waals surface area contributed by atoms with Crippen molar-refractivity contribution in [3.63, 3.8) is 0 Å². The highest BCUT2D eigenvalue weighted by atomic mass is 15.2. The van der Waals surface area contributed by atoms with Crippen LogP contribution in [0.5, 0.6) is 0 Å². The first-order valence-corrected chi connectivity index (χ1v) is 5.47. The highest BCUT2D eigenvalue weighted by molar-refractivity contribution is 5.30. The second kappa shape index (κ2) is 4.90. The van der Waals surface area contributed by atoms with Crippen molar-refractivity contribution in [2.24, 2.45) is 0 Å². The molecule has 1 saturated heterocycles. The van der Waals surface area contributed by atoms with Crippen LogP contribution in [0, 0.1) is 11.3 Å². The van der Waals surface area contributed by atoms with Crippen LogP contribution in [0.2, 0.25) is 0 Å². The van der Waals surface area contributed by atoms with E-state index in [4.69, 9.17) is 5.26 Å². The highest BCUT2D eigenvalue weighted by Gasteiger charge is 2.20. The van der Waals surface area contributed by atoms with E-state index < -0.39 is 0 Å². The third-order valence-electron chi connectivity index (χ3n) is 2.94. The minimum atomic E-state index is 0.400. The Kier molecular flexibility index (Phi) is 3.32. The van der Waals surface area contributed by atoms with E-state index in [2.05, 4.69) is 27.2 Å². The van der Waals surface area contributed by atoms with Gasteiger partial charge in [0.2, 0.25) is 5.95 Å². The van der Waals surface area contributed by atoms with Crippen LogP contribution >= 0.6 is 0 Å². The number of likely N-dealkylation sites (tertiary alicyclic amines) is 1. The zero-order chi connectivity index (χ0) is 11.4. The van der Waals surface area contributed by atoms with Gasteiger partial charge in [0, 0.05) is 18.8 Å². The predicted octanol–water partition coefficient (Wildman–Crippen LogP) is 0.854. The number of aromatic nitrogens is 2. The van der Waals surface area contributed by atoms with Crippen molar-refractivity contribution in [3.8, 4) is 6.07 Å². The number of hydrogen-bond acceptors (Lipinski definition) is 5. The van der Waals surface area contributed by atoms with Crippen LogP contribution in [0.25, 0.3) is 0 Å². The van der Waals surface area contributed by atoms with Gasteiger partial charge in [0.15, 0.2) is 0 Å². The van der Waals surface area contributed by atoms with Gasteiger partial charge in [-0.25, -0.2) is 9.97 Å². The fourth-order valence-corrected chi connectivity index (χ4v) is 1.95. The number of hydrogen-bond donors (Lipinski definition) is 1. The zero-order valence-corrected chi connectivity index (χ0v) is 9.35. The Morgan fingerprint density at radius 2 is 2.56 bits per heavy atom. The second-order valence-electron chi connectivity index (χ2n) is 4.03. The highest BCUT2D eigenvalue weighted by Crippen LogP contribution is 2.14. The molecule has 0 saturated carbocycles. The summed E-state index contributed by atoms with van der Waals surface area (Å²) < 4.78 is 0. The molecule has 1 fully saturated rings. The van der Waals surface area contributed by atoms with Gasteiger partial charge in [0.05, 0.1) is 0 Å². The Morgan fingerprint density at radius 3 is 3.25 bits per heavy atom. The van der Waals surface area contributed by atoms with Crippen molar-refractivity contribution in [2.75, 3.05) is 25.5 Å². The maximum Gasteiger partial charge on any atom is 0.223 e. The fourth-order valence-electron chi connectivity index (χ4n) is 1.95. The molecule has 5 heteroatoms. The molecule has 1 N–H and O–H groups in total. The summed E-state index contributed by atoms with van der Waals surface area (Å²) in [6.45, 7) is 2.00. The van der Waals surface area contributed by atoms with Gasteiger partial charge in [0.1, 0.15) is 11.8 Å². The summed E-state index contributed by atoms with van der Waals surface area (Å²) >= 11 is 0. The summed E-state index contributed by atoms with van der Waals surface area (Å²) in [5.41, 5.74) is 0.400. The molecule has 0 spiro atoms. The smallest absolute Gasteiger partial charge is 0.223 e. The predicted molar refractivity (Wildman–Crippen MR) is 60.9 cm³/mol. The van der Waals surface area contributed by atoms with Crippen LogP contribution in [0.3, 0.4) is 0 Å². The molecule has 5 nitrogen and oxygen atoms in total. The number of nitriles is 1. The SMILES string of the molecule is CN1CCCC1CNc1nccc(C#N)n1. The summed E-state index contributed by atoms with van der Waals surface area (Å²) in [5.74, 6) is 0.541. The molecule has 1 aromatic heterocycles. The molecule has 0 aliphatic carbocycles. The molecule has 1 aliphatic rings. The van der Waals surface area contributed by atoms with E-state index in [-0.39, 0.29) is 0 Å². The standard InChI is InChI=1S/C11H15N5/c1-16-6-2-3-10(16)8-14-11-13-5-4-9(7-12)15-11/h4-5,10H,2-3,6,8H2,1H3,(H,13,14,15). The number of nitrogens with zero attached hydrogens (tertiary/aromatic N) is 4. The minimum absolute atomic E-state index is 0.400. The van der Waals surface area contributed by atoms with Crippen molar-refractivity contribution < 1.29 is 0 Å². The summed E-state index contributed by atoms with van der Waals surface area (Å²) in [6, 6.07) is 4.16. The molecule has 0 amide bonds. The van der Waals surface area contributed by atoms with Crippen LogP contribution in [0.15, 0.2) is 12.3 Å². The quantitative estimate of drug-likeness (QED) is 0.813. The van der Waals surface area contributed by atoms with Crippen molar-refractivity contribution in [1.82, 2.24) is 14.9 Å². The van der Waals surface area contributed by atoms with E-state index in [1.165, 1.54) is 12.8 Å². The van der Waals surface area contributed by atoms with Crippen LogP contribution in [0.4, 0.5) is 5.95 Å². The molecule has 16 heavy (non-hydrogen) atoms. The summed E-state index contributed by atoms with van der Waals surface area (Å²) in [5, 5.41) is 11.9. The Labute approximate surface area is 95.1 Å². The van der Waals surface area contributed by atoms with Crippen molar-refractivity contribution in [3.05, 3.63) is 18.0 Å². The van der Waals surface area contributed by atoms with Gasteiger partial charge < -0.3 is 10.2 Å². The minimum Gasteiger partial charge on any atom is -0.353 e. The van der Waals surface area contributed by atoms with Gasteiger partial charge in [-0.2, -0.15) is 5.26 Å². The largest absolute Gasteiger partial charge is 0.353 e. The molecule has 1 aliphatic heterocycles. The topological polar surface area (TPSA) is 64.8 Å². The molecule has 0 aromatic carbocycles. The van der Waals surface area contributed by atoms with Crippen LogP contribution in [-0.2, 0) is 0 Å². The van der Waals surface area contributed by atoms with Crippen molar-refractivity contribution in [2.45, 2.75) is 18.9 Å². The molecule has 0 bridgehead atoms. The molecule has 2 heterocycles. The number of rotatable bonds is 3. The Bertz CT molecular complexity index is 398. The van der Waals surface area contributed by atoms with Crippen LogP contribution in [-0.4, -0.2) is 41.0 Å². The Hall–Kier alpha value is -1.67. The van der Waals surface area contributed by atoms with Crippen molar-refractivity contribution in [1.29, 1.82) is 5.26 Å². The lowest BCUT2D eigenvalue weighted by Gasteiger charge is -2.19. The lowest BCUT2D eigenvalue weighted by atomic mass is 10.2.